The number of amides is 1. The fourth-order valence-corrected chi connectivity index (χ4v) is 3.63. The Morgan fingerprint density at radius 2 is 1.71 bits per heavy atom. The molecule has 0 saturated heterocycles. The molecule has 1 aliphatic carbocycles. The van der Waals surface area contributed by atoms with Crippen LogP contribution in [0.15, 0.2) is 42.5 Å². The van der Waals surface area contributed by atoms with Crippen molar-refractivity contribution in [3.8, 4) is 22.9 Å². The molecule has 0 bridgehead atoms. The number of carbonyl (C=O) groups excluding carboxylic acids is 1. The van der Waals surface area contributed by atoms with E-state index in [1.54, 1.807) is 26.0 Å². The second-order valence-corrected chi connectivity index (χ2v) is 7.50. The lowest BCUT2D eigenvalue weighted by Gasteiger charge is -2.18. The molecule has 1 N–H and O–H groups in total. The van der Waals surface area contributed by atoms with Crippen molar-refractivity contribution in [3.63, 3.8) is 0 Å². The van der Waals surface area contributed by atoms with Crippen LogP contribution in [0.2, 0.25) is 0 Å². The third kappa shape index (κ3) is 4.05. The van der Waals surface area contributed by atoms with Crippen LogP contribution >= 0.6 is 0 Å². The summed E-state index contributed by atoms with van der Waals surface area (Å²) >= 11 is 0. The highest BCUT2D eigenvalue weighted by Crippen LogP contribution is 2.42. The van der Waals surface area contributed by atoms with Crippen LogP contribution < -0.4 is 19.5 Å². The molecule has 31 heavy (non-hydrogen) atoms. The monoisotopic (exact) mass is 422 g/mol. The van der Waals surface area contributed by atoms with E-state index >= 15 is 0 Å². The van der Waals surface area contributed by atoms with Crippen LogP contribution in [0.5, 0.6) is 17.2 Å². The standard InChI is InChI=1S/C23H26N4O4/c1-14(16-12-18(29-2)22(31-4)19(13-16)30-3)24-23(28)20-21(15-10-11-15)27(26-25-20)17-8-6-5-7-9-17/h5-9,12-15H,10-11H2,1-4H3,(H,24,28). The van der Waals surface area contributed by atoms with Gasteiger partial charge in [0.2, 0.25) is 5.75 Å². The van der Waals surface area contributed by atoms with Crippen molar-refractivity contribution in [2.75, 3.05) is 21.3 Å². The normalized spacial score (nSPS) is 14.1. The Morgan fingerprint density at radius 1 is 1.06 bits per heavy atom. The van der Waals surface area contributed by atoms with Crippen molar-refractivity contribution < 1.29 is 19.0 Å². The molecule has 0 spiro atoms. The molecular formula is C23H26N4O4. The van der Waals surface area contributed by atoms with Crippen molar-refractivity contribution in [3.05, 3.63) is 59.4 Å². The van der Waals surface area contributed by atoms with E-state index in [-0.39, 0.29) is 11.9 Å². The summed E-state index contributed by atoms with van der Waals surface area (Å²) < 4.78 is 18.0. The zero-order valence-corrected chi connectivity index (χ0v) is 18.1. The van der Waals surface area contributed by atoms with Gasteiger partial charge in [0.1, 0.15) is 0 Å². The molecule has 1 fully saturated rings. The number of hydrogen-bond donors (Lipinski definition) is 1. The first-order valence-corrected chi connectivity index (χ1v) is 10.2. The highest BCUT2D eigenvalue weighted by molar-refractivity contribution is 5.94. The fraction of sp³-hybridized carbons (Fsp3) is 0.348. The molecule has 1 aliphatic rings. The Morgan fingerprint density at radius 3 is 2.26 bits per heavy atom. The summed E-state index contributed by atoms with van der Waals surface area (Å²) in [4.78, 5) is 13.1. The molecule has 8 nitrogen and oxygen atoms in total. The zero-order valence-electron chi connectivity index (χ0n) is 18.1. The van der Waals surface area contributed by atoms with Gasteiger partial charge in [0.25, 0.3) is 5.91 Å². The van der Waals surface area contributed by atoms with Gasteiger partial charge in [-0.2, -0.15) is 0 Å². The fourth-order valence-electron chi connectivity index (χ4n) is 3.63. The molecule has 1 aromatic heterocycles. The summed E-state index contributed by atoms with van der Waals surface area (Å²) in [6.45, 7) is 1.90. The van der Waals surface area contributed by atoms with Crippen LogP contribution in [0.25, 0.3) is 5.69 Å². The van der Waals surface area contributed by atoms with E-state index in [9.17, 15) is 4.79 Å². The number of rotatable bonds is 8. The van der Waals surface area contributed by atoms with Crippen LogP contribution in [-0.2, 0) is 0 Å². The number of aromatic nitrogens is 3. The first-order chi connectivity index (χ1) is 15.1. The maximum atomic E-state index is 13.1. The van der Waals surface area contributed by atoms with E-state index in [4.69, 9.17) is 14.2 Å². The molecule has 1 heterocycles. The number of nitrogens with one attached hydrogen (secondary N) is 1. The summed E-state index contributed by atoms with van der Waals surface area (Å²) in [5, 5.41) is 11.5. The highest BCUT2D eigenvalue weighted by Gasteiger charge is 2.34. The van der Waals surface area contributed by atoms with Gasteiger partial charge in [0.05, 0.1) is 38.8 Å². The van der Waals surface area contributed by atoms with E-state index in [0.717, 1.165) is 29.8 Å². The lowest BCUT2D eigenvalue weighted by Crippen LogP contribution is -2.28. The number of carbonyl (C=O) groups is 1. The molecule has 4 rings (SSSR count). The Bertz CT molecular complexity index is 1050. The quantitative estimate of drug-likeness (QED) is 0.596. The molecule has 0 aliphatic heterocycles. The van der Waals surface area contributed by atoms with Crippen LogP contribution in [0, 0.1) is 0 Å². The first-order valence-electron chi connectivity index (χ1n) is 10.2. The number of methoxy groups -OCH3 is 3. The topological polar surface area (TPSA) is 87.5 Å². The molecule has 1 unspecified atom stereocenters. The SMILES string of the molecule is COc1cc(C(C)NC(=O)c2nnn(-c3ccccc3)c2C2CC2)cc(OC)c1OC. The minimum absolute atomic E-state index is 0.259. The van der Waals surface area contributed by atoms with Crippen LogP contribution in [-0.4, -0.2) is 42.2 Å². The minimum Gasteiger partial charge on any atom is -0.493 e. The first kappa shape index (κ1) is 20.7. The molecule has 3 aromatic rings. The van der Waals surface area contributed by atoms with E-state index in [2.05, 4.69) is 15.6 Å². The van der Waals surface area contributed by atoms with Gasteiger partial charge in [0, 0.05) is 5.92 Å². The van der Waals surface area contributed by atoms with Crippen LogP contribution in [0.1, 0.15) is 53.5 Å². The zero-order chi connectivity index (χ0) is 22.0. The average molecular weight is 422 g/mol. The number of para-hydroxylation sites is 1. The van der Waals surface area contributed by atoms with E-state index < -0.39 is 0 Å². The third-order valence-corrected chi connectivity index (χ3v) is 5.42. The van der Waals surface area contributed by atoms with Crippen molar-refractivity contribution in [2.24, 2.45) is 0 Å². The van der Waals surface area contributed by atoms with E-state index in [1.165, 1.54) is 0 Å². The number of hydrogen-bond acceptors (Lipinski definition) is 6. The van der Waals surface area contributed by atoms with Crippen molar-refractivity contribution in [1.82, 2.24) is 20.3 Å². The summed E-state index contributed by atoms with van der Waals surface area (Å²) in [5.41, 5.74) is 2.95. The molecule has 0 radical (unpaired) electrons. The highest BCUT2D eigenvalue weighted by atomic mass is 16.5. The average Bonchev–Trinajstić information content (AvgIpc) is 3.55. The molecule has 1 amide bonds. The Balaban J connectivity index is 1.61. The second-order valence-electron chi connectivity index (χ2n) is 7.50. The van der Waals surface area contributed by atoms with Gasteiger partial charge < -0.3 is 19.5 Å². The number of ether oxygens (including phenoxy) is 3. The van der Waals surface area contributed by atoms with Crippen molar-refractivity contribution in [1.29, 1.82) is 0 Å². The third-order valence-electron chi connectivity index (χ3n) is 5.42. The predicted octanol–water partition coefficient (Wildman–Crippen LogP) is 3.66. The Hall–Kier alpha value is -3.55. The number of benzene rings is 2. The van der Waals surface area contributed by atoms with E-state index in [1.807, 2.05) is 49.4 Å². The molecule has 162 valence electrons. The van der Waals surface area contributed by atoms with E-state index in [0.29, 0.717) is 28.9 Å². The van der Waals surface area contributed by atoms with Gasteiger partial charge in [-0.05, 0) is 49.6 Å². The minimum atomic E-state index is -0.310. The predicted molar refractivity (Wildman–Crippen MR) is 115 cm³/mol. The number of nitrogens with zero attached hydrogens (tertiary/aromatic N) is 3. The lowest BCUT2D eigenvalue weighted by atomic mass is 10.1. The van der Waals surface area contributed by atoms with Crippen molar-refractivity contribution >= 4 is 5.91 Å². The molecule has 8 heteroatoms. The maximum Gasteiger partial charge on any atom is 0.274 e. The van der Waals surface area contributed by atoms with Crippen LogP contribution in [0.3, 0.4) is 0 Å². The van der Waals surface area contributed by atoms with Gasteiger partial charge in [-0.25, -0.2) is 4.68 Å². The summed E-state index contributed by atoms with van der Waals surface area (Å²) in [7, 11) is 4.68. The van der Waals surface area contributed by atoms with Gasteiger partial charge in [-0.15, -0.1) is 5.10 Å². The van der Waals surface area contributed by atoms with Crippen LogP contribution in [0.4, 0.5) is 0 Å². The van der Waals surface area contributed by atoms with Gasteiger partial charge in [-0.3, -0.25) is 4.79 Å². The van der Waals surface area contributed by atoms with Gasteiger partial charge >= 0.3 is 0 Å². The molecular weight excluding hydrogens is 396 g/mol. The second kappa shape index (κ2) is 8.67. The summed E-state index contributed by atoms with van der Waals surface area (Å²) in [6, 6.07) is 13.1. The Kier molecular flexibility index (Phi) is 5.79. The summed E-state index contributed by atoms with van der Waals surface area (Å²) in [6.07, 6.45) is 2.06. The maximum absolute atomic E-state index is 13.1. The molecule has 1 atom stereocenters. The molecule has 2 aromatic carbocycles. The largest absolute Gasteiger partial charge is 0.493 e. The smallest absolute Gasteiger partial charge is 0.274 e. The lowest BCUT2D eigenvalue weighted by molar-refractivity contribution is 0.0933. The van der Waals surface area contributed by atoms with Gasteiger partial charge in [0.15, 0.2) is 17.2 Å². The summed E-state index contributed by atoms with van der Waals surface area (Å²) in [5.74, 6) is 1.62. The molecule has 1 saturated carbocycles. The van der Waals surface area contributed by atoms with Gasteiger partial charge in [-0.1, -0.05) is 23.4 Å². The van der Waals surface area contributed by atoms with Crippen molar-refractivity contribution in [2.45, 2.75) is 31.7 Å². The Labute approximate surface area is 181 Å².